The number of anilines is 1. The second-order valence-corrected chi connectivity index (χ2v) is 6.12. The standard InChI is InChI=1S/C19H18ClFN4O/c1-3-14-11-16(25(4-2)24-14)15-9-10-17(22-18(15)21)23-19(26)12-5-7-13(20)8-6-12/h5-11H,3-4H2,1-2H3,(H,22,23,26). The maximum Gasteiger partial charge on any atom is 0.256 e. The molecule has 0 saturated heterocycles. The van der Waals surface area contributed by atoms with E-state index in [1.165, 1.54) is 0 Å². The van der Waals surface area contributed by atoms with E-state index in [4.69, 9.17) is 11.6 Å². The van der Waals surface area contributed by atoms with Gasteiger partial charge in [-0.05, 0) is 55.8 Å². The van der Waals surface area contributed by atoms with Gasteiger partial charge in [0.25, 0.3) is 5.91 Å². The van der Waals surface area contributed by atoms with Crippen LogP contribution >= 0.6 is 11.6 Å². The number of carbonyl (C=O) groups excluding carboxylic acids is 1. The molecule has 0 fully saturated rings. The molecule has 1 amide bonds. The molecule has 0 unspecified atom stereocenters. The Labute approximate surface area is 155 Å². The molecule has 0 bridgehead atoms. The Bertz CT molecular complexity index is 937. The number of hydrogen-bond donors (Lipinski definition) is 1. The Morgan fingerprint density at radius 1 is 1.19 bits per heavy atom. The van der Waals surface area contributed by atoms with Crippen LogP contribution < -0.4 is 5.32 Å². The number of nitrogens with one attached hydrogen (secondary N) is 1. The SMILES string of the molecule is CCc1cc(-c2ccc(NC(=O)c3ccc(Cl)cc3)nc2F)n(CC)n1. The van der Waals surface area contributed by atoms with Crippen LogP contribution in [0.3, 0.4) is 0 Å². The Hall–Kier alpha value is -2.73. The highest BCUT2D eigenvalue weighted by Crippen LogP contribution is 2.25. The summed E-state index contributed by atoms with van der Waals surface area (Å²) in [5.74, 6) is -0.895. The average Bonchev–Trinajstić information content (AvgIpc) is 3.05. The lowest BCUT2D eigenvalue weighted by molar-refractivity contribution is 0.102. The maximum absolute atomic E-state index is 14.6. The van der Waals surface area contributed by atoms with Crippen LogP contribution in [0.1, 0.15) is 29.9 Å². The molecule has 2 aromatic heterocycles. The van der Waals surface area contributed by atoms with Gasteiger partial charge in [0.2, 0.25) is 5.95 Å². The maximum atomic E-state index is 14.6. The summed E-state index contributed by atoms with van der Waals surface area (Å²) < 4.78 is 16.3. The predicted octanol–water partition coefficient (Wildman–Crippen LogP) is 4.57. The minimum absolute atomic E-state index is 0.143. The molecule has 0 aliphatic carbocycles. The van der Waals surface area contributed by atoms with Crippen molar-refractivity contribution in [3.05, 3.63) is 64.7 Å². The number of carbonyl (C=O) groups is 1. The third-order valence-electron chi connectivity index (χ3n) is 3.97. The molecule has 0 spiro atoms. The van der Waals surface area contributed by atoms with Crippen molar-refractivity contribution in [1.82, 2.24) is 14.8 Å². The van der Waals surface area contributed by atoms with Gasteiger partial charge in [0.15, 0.2) is 0 Å². The number of pyridine rings is 1. The molecule has 1 aromatic carbocycles. The van der Waals surface area contributed by atoms with Gasteiger partial charge in [0.1, 0.15) is 5.82 Å². The van der Waals surface area contributed by atoms with Gasteiger partial charge >= 0.3 is 0 Å². The van der Waals surface area contributed by atoms with Gasteiger partial charge in [-0.2, -0.15) is 9.49 Å². The molecule has 3 aromatic rings. The minimum atomic E-state index is -0.656. The summed E-state index contributed by atoms with van der Waals surface area (Å²) in [6.45, 7) is 4.57. The molecule has 2 heterocycles. The number of nitrogens with zero attached hydrogens (tertiary/aromatic N) is 3. The van der Waals surface area contributed by atoms with Crippen LogP contribution in [0.5, 0.6) is 0 Å². The van der Waals surface area contributed by atoms with Gasteiger partial charge < -0.3 is 5.32 Å². The lowest BCUT2D eigenvalue weighted by atomic mass is 10.1. The van der Waals surface area contributed by atoms with Gasteiger partial charge in [-0.25, -0.2) is 4.98 Å². The van der Waals surface area contributed by atoms with E-state index in [1.807, 2.05) is 19.9 Å². The normalized spacial score (nSPS) is 10.8. The molecule has 7 heteroatoms. The van der Waals surface area contributed by atoms with Crippen LogP contribution in [0.15, 0.2) is 42.5 Å². The molecule has 3 rings (SSSR count). The summed E-state index contributed by atoms with van der Waals surface area (Å²) in [5, 5.41) is 7.55. The lowest BCUT2D eigenvalue weighted by Crippen LogP contribution is -2.13. The van der Waals surface area contributed by atoms with Gasteiger partial charge in [-0.15, -0.1) is 0 Å². The van der Waals surface area contributed by atoms with E-state index in [2.05, 4.69) is 15.4 Å². The van der Waals surface area contributed by atoms with Crippen LogP contribution in [-0.2, 0) is 13.0 Å². The number of hydrogen-bond acceptors (Lipinski definition) is 3. The van der Waals surface area contributed by atoms with Crippen molar-refractivity contribution in [2.24, 2.45) is 0 Å². The van der Waals surface area contributed by atoms with E-state index < -0.39 is 5.95 Å². The van der Waals surface area contributed by atoms with Crippen LogP contribution in [0.2, 0.25) is 5.02 Å². The molecule has 0 aliphatic rings. The predicted molar refractivity (Wildman–Crippen MR) is 99.9 cm³/mol. The lowest BCUT2D eigenvalue weighted by Gasteiger charge is -2.08. The van der Waals surface area contributed by atoms with E-state index in [-0.39, 0.29) is 11.7 Å². The van der Waals surface area contributed by atoms with E-state index >= 15 is 0 Å². The largest absolute Gasteiger partial charge is 0.306 e. The molecular formula is C19H18ClFN4O. The van der Waals surface area contributed by atoms with E-state index in [9.17, 15) is 9.18 Å². The molecular weight excluding hydrogens is 355 g/mol. The van der Waals surface area contributed by atoms with E-state index in [1.54, 1.807) is 41.1 Å². The topological polar surface area (TPSA) is 59.8 Å². The van der Waals surface area contributed by atoms with Crippen molar-refractivity contribution < 1.29 is 9.18 Å². The quantitative estimate of drug-likeness (QED) is 0.667. The summed E-state index contributed by atoms with van der Waals surface area (Å²) in [4.78, 5) is 16.1. The zero-order valence-corrected chi connectivity index (χ0v) is 15.2. The fraction of sp³-hybridized carbons (Fsp3) is 0.211. The Morgan fingerprint density at radius 2 is 1.92 bits per heavy atom. The van der Waals surface area contributed by atoms with Crippen LogP contribution in [-0.4, -0.2) is 20.7 Å². The van der Waals surface area contributed by atoms with E-state index in [0.717, 1.165) is 12.1 Å². The summed E-state index contributed by atoms with van der Waals surface area (Å²) in [6.07, 6.45) is 0.768. The highest BCUT2D eigenvalue weighted by atomic mass is 35.5. The van der Waals surface area contributed by atoms with Crippen LogP contribution in [0.25, 0.3) is 11.3 Å². The fourth-order valence-corrected chi connectivity index (χ4v) is 2.71. The number of benzene rings is 1. The number of rotatable bonds is 5. The number of aryl methyl sites for hydroxylation is 2. The first kappa shape index (κ1) is 18.1. The highest BCUT2D eigenvalue weighted by molar-refractivity contribution is 6.30. The van der Waals surface area contributed by atoms with Crippen molar-refractivity contribution in [3.8, 4) is 11.3 Å². The minimum Gasteiger partial charge on any atom is -0.306 e. The van der Waals surface area contributed by atoms with Gasteiger partial charge in [-0.1, -0.05) is 18.5 Å². The number of halogens is 2. The first-order chi connectivity index (χ1) is 12.5. The molecule has 26 heavy (non-hydrogen) atoms. The van der Waals surface area contributed by atoms with Crippen LogP contribution in [0.4, 0.5) is 10.2 Å². The van der Waals surface area contributed by atoms with Crippen molar-refractivity contribution in [2.75, 3.05) is 5.32 Å². The Morgan fingerprint density at radius 3 is 2.54 bits per heavy atom. The first-order valence-corrected chi connectivity index (χ1v) is 8.70. The molecule has 0 aliphatic heterocycles. The molecule has 134 valence electrons. The zero-order chi connectivity index (χ0) is 18.7. The van der Waals surface area contributed by atoms with Crippen molar-refractivity contribution in [3.63, 3.8) is 0 Å². The summed E-state index contributed by atoms with van der Waals surface area (Å²) in [6, 6.07) is 11.4. The second-order valence-electron chi connectivity index (χ2n) is 5.69. The monoisotopic (exact) mass is 372 g/mol. The van der Waals surface area contributed by atoms with Crippen molar-refractivity contribution in [2.45, 2.75) is 26.8 Å². The van der Waals surface area contributed by atoms with Crippen molar-refractivity contribution >= 4 is 23.3 Å². The second kappa shape index (κ2) is 7.66. The number of aromatic nitrogens is 3. The molecule has 0 saturated carbocycles. The fourth-order valence-electron chi connectivity index (χ4n) is 2.59. The number of amides is 1. The van der Waals surface area contributed by atoms with Crippen molar-refractivity contribution in [1.29, 1.82) is 0 Å². The third-order valence-corrected chi connectivity index (χ3v) is 4.22. The molecule has 0 atom stereocenters. The van der Waals surface area contributed by atoms with Gasteiger partial charge in [0.05, 0.1) is 17.0 Å². The summed E-state index contributed by atoms with van der Waals surface area (Å²) in [7, 11) is 0. The Kier molecular flexibility index (Phi) is 5.32. The zero-order valence-electron chi connectivity index (χ0n) is 14.5. The third kappa shape index (κ3) is 3.75. The van der Waals surface area contributed by atoms with Gasteiger partial charge in [-0.3, -0.25) is 9.48 Å². The smallest absolute Gasteiger partial charge is 0.256 e. The molecule has 5 nitrogen and oxygen atoms in total. The van der Waals surface area contributed by atoms with Crippen LogP contribution in [0, 0.1) is 5.95 Å². The van der Waals surface area contributed by atoms with Gasteiger partial charge in [0, 0.05) is 17.1 Å². The molecule has 0 radical (unpaired) electrons. The molecule has 1 N–H and O–H groups in total. The van der Waals surface area contributed by atoms with E-state index in [0.29, 0.717) is 28.4 Å². The Balaban J connectivity index is 1.84. The highest BCUT2D eigenvalue weighted by Gasteiger charge is 2.15. The first-order valence-electron chi connectivity index (χ1n) is 8.32. The summed E-state index contributed by atoms with van der Waals surface area (Å²) in [5.41, 5.74) is 2.33. The summed E-state index contributed by atoms with van der Waals surface area (Å²) >= 11 is 5.81. The average molecular weight is 373 g/mol.